The van der Waals surface area contributed by atoms with Crippen molar-refractivity contribution >= 4 is 5.91 Å². The smallest absolute Gasteiger partial charge is 0.234 e. The van der Waals surface area contributed by atoms with Crippen LogP contribution in [0.3, 0.4) is 0 Å². The molecule has 0 radical (unpaired) electrons. The van der Waals surface area contributed by atoms with E-state index in [9.17, 15) is 4.79 Å². The molecule has 6 rings (SSSR count). The summed E-state index contributed by atoms with van der Waals surface area (Å²) in [6.07, 6.45) is 10.3. The highest BCUT2D eigenvalue weighted by atomic mass is 16.4. The molecule has 5 aliphatic rings. The first kappa shape index (κ1) is 20.5. The highest BCUT2D eigenvalue weighted by Crippen LogP contribution is 2.61. The molecule has 1 aliphatic heterocycles. The Bertz CT molecular complexity index is 730. The van der Waals surface area contributed by atoms with Crippen LogP contribution < -0.4 is 5.32 Å². The Balaban J connectivity index is 1.11. The molecule has 2 heterocycles. The molecule has 4 saturated carbocycles. The number of rotatable bonds is 6. The fourth-order valence-corrected chi connectivity index (χ4v) is 7.33. The van der Waals surface area contributed by atoms with Gasteiger partial charge in [-0.05, 0) is 94.5 Å². The Labute approximate surface area is 180 Å². The zero-order valence-electron chi connectivity index (χ0n) is 18.9. The SMILES string of the molecule is CC(C)c1nnc(C2CCN(CC(=O)NC(C)C34CC5CC(CC(C5)C3)C4)CC2)o1. The number of nitrogens with zero attached hydrogens (tertiary/aromatic N) is 3. The van der Waals surface area contributed by atoms with Gasteiger partial charge in [0.25, 0.3) is 0 Å². The minimum absolute atomic E-state index is 0.205. The summed E-state index contributed by atoms with van der Waals surface area (Å²) < 4.78 is 5.85. The van der Waals surface area contributed by atoms with Crippen LogP contribution in [0.15, 0.2) is 4.42 Å². The van der Waals surface area contributed by atoms with Crippen LogP contribution in [0, 0.1) is 23.2 Å². The van der Waals surface area contributed by atoms with Crippen LogP contribution >= 0.6 is 0 Å². The van der Waals surface area contributed by atoms with Crippen molar-refractivity contribution in [3.63, 3.8) is 0 Å². The molecule has 6 heteroatoms. The van der Waals surface area contributed by atoms with Crippen molar-refractivity contribution in [3.8, 4) is 0 Å². The summed E-state index contributed by atoms with van der Waals surface area (Å²) in [5.41, 5.74) is 0.378. The van der Waals surface area contributed by atoms with Crippen molar-refractivity contribution in [2.24, 2.45) is 23.2 Å². The third-order valence-corrected chi connectivity index (χ3v) is 8.64. The molecule has 4 bridgehead atoms. The van der Waals surface area contributed by atoms with E-state index in [0.717, 1.165) is 55.5 Å². The maximum atomic E-state index is 12.9. The molecule has 5 fully saturated rings. The average molecular weight is 415 g/mol. The van der Waals surface area contributed by atoms with E-state index in [4.69, 9.17) is 4.42 Å². The summed E-state index contributed by atoms with van der Waals surface area (Å²) in [6.45, 7) is 8.78. The molecular formula is C24H38N4O2. The third kappa shape index (κ3) is 3.92. The van der Waals surface area contributed by atoms with E-state index in [1.165, 1.54) is 38.5 Å². The molecule has 1 aromatic rings. The molecule has 1 saturated heterocycles. The van der Waals surface area contributed by atoms with Gasteiger partial charge >= 0.3 is 0 Å². The van der Waals surface area contributed by atoms with Crippen LogP contribution in [0.25, 0.3) is 0 Å². The maximum Gasteiger partial charge on any atom is 0.234 e. The monoisotopic (exact) mass is 414 g/mol. The van der Waals surface area contributed by atoms with Crippen LogP contribution in [0.4, 0.5) is 0 Å². The first-order chi connectivity index (χ1) is 14.4. The van der Waals surface area contributed by atoms with Gasteiger partial charge in [0.1, 0.15) is 0 Å². The van der Waals surface area contributed by atoms with Gasteiger partial charge in [-0.2, -0.15) is 0 Å². The van der Waals surface area contributed by atoms with Crippen molar-refractivity contribution in [2.45, 2.75) is 90.0 Å². The summed E-state index contributed by atoms with van der Waals surface area (Å²) in [6, 6.07) is 0.309. The summed E-state index contributed by atoms with van der Waals surface area (Å²) >= 11 is 0. The van der Waals surface area contributed by atoms with Crippen molar-refractivity contribution in [3.05, 3.63) is 11.8 Å². The number of piperidine rings is 1. The van der Waals surface area contributed by atoms with Crippen LogP contribution in [0.5, 0.6) is 0 Å². The molecule has 0 spiro atoms. The Hall–Kier alpha value is -1.43. The van der Waals surface area contributed by atoms with E-state index in [2.05, 4.69) is 41.2 Å². The summed E-state index contributed by atoms with van der Waals surface area (Å²) in [5, 5.41) is 11.9. The number of likely N-dealkylation sites (tertiary alicyclic amines) is 1. The Morgan fingerprint density at radius 1 is 1.07 bits per heavy atom. The van der Waals surface area contributed by atoms with E-state index >= 15 is 0 Å². The van der Waals surface area contributed by atoms with Crippen LogP contribution in [-0.4, -0.2) is 46.7 Å². The van der Waals surface area contributed by atoms with Gasteiger partial charge in [-0.3, -0.25) is 9.69 Å². The number of carbonyl (C=O) groups excluding carboxylic acids is 1. The summed E-state index contributed by atoms with van der Waals surface area (Å²) in [5.74, 6) is 5.09. The lowest BCUT2D eigenvalue weighted by Gasteiger charge is -2.59. The highest BCUT2D eigenvalue weighted by molar-refractivity contribution is 5.78. The van der Waals surface area contributed by atoms with Gasteiger partial charge in [0, 0.05) is 17.9 Å². The first-order valence-electron chi connectivity index (χ1n) is 12.2. The predicted molar refractivity (Wildman–Crippen MR) is 115 cm³/mol. The highest BCUT2D eigenvalue weighted by Gasteiger charge is 2.53. The molecule has 0 aromatic carbocycles. The molecule has 1 atom stereocenters. The second-order valence-electron chi connectivity index (χ2n) is 11.3. The van der Waals surface area contributed by atoms with Crippen LogP contribution in [0.1, 0.15) is 95.8 Å². The Morgan fingerprint density at radius 2 is 1.67 bits per heavy atom. The topological polar surface area (TPSA) is 71.3 Å². The van der Waals surface area contributed by atoms with Gasteiger partial charge in [-0.25, -0.2) is 0 Å². The lowest BCUT2D eigenvalue weighted by molar-refractivity contribution is -0.127. The minimum Gasteiger partial charge on any atom is -0.425 e. The van der Waals surface area contributed by atoms with E-state index in [0.29, 0.717) is 23.9 Å². The Kier molecular flexibility index (Phi) is 5.41. The number of carbonyl (C=O) groups is 1. The number of hydrogen-bond acceptors (Lipinski definition) is 5. The minimum atomic E-state index is 0.205. The third-order valence-electron chi connectivity index (χ3n) is 8.64. The maximum absolute atomic E-state index is 12.9. The average Bonchev–Trinajstić information content (AvgIpc) is 3.18. The van der Waals surface area contributed by atoms with Gasteiger partial charge in [-0.1, -0.05) is 13.8 Å². The van der Waals surface area contributed by atoms with Crippen LogP contribution in [0.2, 0.25) is 0 Å². The van der Waals surface area contributed by atoms with E-state index in [1.54, 1.807) is 0 Å². The number of hydrogen-bond donors (Lipinski definition) is 1. The molecule has 166 valence electrons. The summed E-state index contributed by atoms with van der Waals surface area (Å²) in [7, 11) is 0. The molecule has 6 nitrogen and oxygen atoms in total. The van der Waals surface area contributed by atoms with E-state index in [-0.39, 0.29) is 11.8 Å². The molecule has 30 heavy (non-hydrogen) atoms. The molecule has 4 aliphatic carbocycles. The largest absolute Gasteiger partial charge is 0.425 e. The van der Waals surface area contributed by atoms with Crippen molar-refractivity contribution in [1.29, 1.82) is 0 Å². The first-order valence-corrected chi connectivity index (χ1v) is 12.2. The molecule has 1 aromatic heterocycles. The van der Waals surface area contributed by atoms with Crippen molar-refractivity contribution < 1.29 is 9.21 Å². The fourth-order valence-electron chi connectivity index (χ4n) is 7.33. The van der Waals surface area contributed by atoms with Gasteiger partial charge in [-0.15, -0.1) is 10.2 Å². The second-order valence-corrected chi connectivity index (χ2v) is 11.3. The van der Waals surface area contributed by atoms with Crippen LogP contribution in [-0.2, 0) is 4.79 Å². The van der Waals surface area contributed by atoms with Gasteiger partial charge in [0.2, 0.25) is 17.7 Å². The lowest BCUT2D eigenvalue weighted by Crippen LogP contribution is -2.56. The van der Waals surface area contributed by atoms with Crippen molar-refractivity contribution in [1.82, 2.24) is 20.4 Å². The summed E-state index contributed by atoms with van der Waals surface area (Å²) in [4.78, 5) is 15.1. The molecular weight excluding hydrogens is 376 g/mol. The van der Waals surface area contributed by atoms with Gasteiger partial charge < -0.3 is 9.73 Å². The number of nitrogens with one attached hydrogen (secondary N) is 1. The predicted octanol–water partition coefficient (Wildman–Crippen LogP) is 4.09. The van der Waals surface area contributed by atoms with Gasteiger partial charge in [0.15, 0.2) is 0 Å². The number of aromatic nitrogens is 2. The van der Waals surface area contributed by atoms with E-state index < -0.39 is 0 Å². The fraction of sp³-hybridized carbons (Fsp3) is 0.875. The second kappa shape index (κ2) is 7.92. The number of amides is 1. The van der Waals surface area contributed by atoms with Crippen molar-refractivity contribution in [2.75, 3.05) is 19.6 Å². The Morgan fingerprint density at radius 3 is 2.20 bits per heavy atom. The zero-order chi connectivity index (χ0) is 20.9. The standard InChI is InChI=1S/C24H38N4O2/c1-15(2)22-26-27-23(30-22)20-4-6-28(7-5-20)14-21(29)25-16(3)24-11-17-8-18(12-24)10-19(9-17)13-24/h15-20H,4-14H2,1-3H3,(H,25,29). The molecule has 1 N–H and O–H groups in total. The molecule has 1 unspecified atom stereocenters. The zero-order valence-corrected chi connectivity index (χ0v) is 18.9. The normalized spacial score (nSPS) is 35.1. The lowest BCUT2D eigenvalue weighted by atomic mass is 9.48. The quantitative estimate of drug-likeness (QED) is 0.759. The molecule has 1 amide bonds. The van der Waals surface area contributed by atoms with E-state index in [1.807, 2.05) is 0 Å². The van der Waals surface area contributed by atoms with Gasteiger partial charge in [0.05, 0.1) is 6.54 Å².